The van der Waals surface area contributed by atoms with Crippen molar-refractivity contribution in [3.8, 4) is 0 Å². The molecule has 104 heavy (non-hydrogen) atoms. The van der Waals surface area contributed by atoms with Crippen LogP contribution in [0.4, 0.5) is 0 Å². The highest BCUT2D eigenvalue weighted by atomic mass is 35.5. The van der Waals surface area contributed by atoms with Gasteiger partial charge in [-0.3, -0.25) is 62.3 Å². The minimum atomic E-state index is -1.66. The van der Waals surface area contributed by atoms with Crippen LogP contribution in [-0.4, -0.2) is 283 Å². The number of methoxy groups -OCH3 is 1. The maximum Gasteiger partial charge on any atom is 0.248 e. The summed E-state index contributed by atoms with van der Waals surface area (Å²) in [5.74, 6) is -11.3. The molecule has 13 amide bonds. The number of amides is 13. The van der Waals surface area contributed by atoms with Crippen LogP contribution < -0.4 is 26.6 Å². The fraction of sp³-hybridized carbons (Fsp3) is 0.827. The average molecular weight is 1490 g/mol. The molecule has 4 rings (SSSR count). The van der Waals surface area contributed by atoms with Gasteiger partial charge in [0.1, 0.15) is 54.4 Å². The van der Waals surface area contributed by atoms with Crippen LogP contribution >= 0.6 is 11.6 Å². The lowest BCUT2D eigenvalue weighted by molar-refractivity contribution is -0.151. The zero-order chi connectivity index (χ0) is 78.5. The summed E-state index contributed by atoms with van der Waals surface area (Å²) < 4.78 is 5.78. The summed E-state index contributed by atoms with van der Waals surface area (Å²) in [6, 6.07) is -12.1. The third kappa shape index (κ3) is 25.5. The van der Waals surface area contributed by atoms with E-state index in [1.165, 1.54) is 94.9 Å². The van der Waals surface area contributed by atoms with Gasteiger partial charge >= 0.3 is 0 Å². The average Bonchev–Trinajstić information content (AvgIpc) is 0.822. The minimum absolute atomic E-state index is 0.0184. The molecule has 2 heterocycles. The second kappa shape index (κ2) is 42.0. The number of hydrogen-bond acceptors (Lipinski definition) is 15. The van der Waals surface area contributed by atoms with Crippen LogP contribution in [-0.2, 0) is 67.1 Å². The van der Waals surface area contributed by atoms with Gasteiger partial charge in [0.15, 0.2) is 0 Å². The van der Waals surface area contributed by atoms with Gasteiger partial charge in [-0.25, -0.2) is 0 Å². The Balaban J connectivity index is 1.99. The van der Waals surface area contributed by atoms with Crippen molar-refractivity contribution in [2.75, 3.05) is 89.7 Å². The first kappa shape index (κ1) is 89.7. The van der Waals surface area contributed by atoms with Crippen molar-refractivity contribution in [1.82, 2.24) is 65.8 Å². The van der Waals surface area contributed by atoms with Gasteiger partial charge in [-0.05, 0) is 138 Å². The fourth-order valence-electron chi connectivity index (χ4n) is 15.0. The topological polar surface area (TPSA) is 337 Å². The molecule has 2 saturated heterocycles. The lowest BCUT2D eigenvalue weighted by Crippen LogP contribution is -2.62. The van der Waals surface area contributed by atoms with Crippen molar-refractivity contribution < 1.29 is 72.2 Å². The maximum absolute atomic E-state index is 15.8. The first-order valence-corrected chi connectivity index (χ1v) is 38.5. The molecule has 2 aliphatic carbocycles. The Morgan fingerprint density at radius 3 is 1.47 bits per heavy atom. The summed E-state index contributed by atoms with van der Waals surface area (Å²) in [7, 11) is 12.9. The molecule has 0 aromatic rings. The van der Waals surface area contributed by atoms with Crippen molar-refractivity contribution in [1.29, 1.82) is 0 Å². The van der Waals surface area contributed by atoms with E-state index < -0.39 is 169 Å². The van der Waals surface area contributed by atoms with Gasteiger partial charge in [0.25, 0.3) is 0 Å². The number of likely N-dealkylation sites (N-methyl/N-ethyl adjacent to an activating group) is 7. The first-order chi connectivity index (χ1) is 48.7. The second-order valence-corrected chi connectivity index (χ2v) is 32.6. The summed E-state index contributed by atoms with van der Waals surface area (Å²) in [6.07, 6.45) is 4.26. The summed E-state index contributed by atoms with van der Waals surface area (Å²) in [5.41, 5.74) is 0. The molecule has 0 aromatic heterocycles. The minimum Gasteiger partial charge on any atom is -0.391 e. The van der Waals surface area contributed by atoms with Crippen LogP contribution in [0.15, 0.2) is 0 Å². The van der Waals surface area contributed by atoms with E-state index in [0.717, 1.165) is 29.1 Å². The molecule has 29 heteroatoms. The quantitative estimate of drug-likeness (QED) is 0.106. The molecule has 4 aliphatic rings. The van der Waals surface area contributed by atoms with E-state index in [-0.39, 0.29) is 91.7 Å². The molecule has 6 N–H and O–H groups in total. The molecule has 2 saturated carbocycles. The van der Waals surface area contributed by atoms with Crippen LogP contribution in [0, 0.1) is 47.3 Å². The summed E-state index contributed by atoms with van der Waals surface area (Å²) in [6.45, 7) is 19.1. The van der Waals surface area contributed by atoms with Gasteiger partial charge in [-0.2, -0.15) is 0 Å². The molecule has 28 nitrogen and oxygen atoms in total. The maximum atomic E-state index is 15.8. The third-order valence-electron chi connectivity index (χ3n) is 21.7. The number of alkyl halides is 1. The number of hydrogen-bond donors (Lipinski definition) is 6. The summed E-state index contributed by atoms with van der Waals surface area (Å²) in [5, 5.41) is 25.3. The van der Waals surface area contributed by atoms with Crippen LogP contribution in [0.25, 0.3) is 0 Å². The number of likely N-dealkylation sites (tertiary alicyclic amines) is 1. The Kier molecular flexibility index (Phi) is 36.2. The zero-order valence-electron chi connectivity index (χ0n) is 66.2. The lowest BCUT2D eigenvalue weighted by atomic mass is 9.76. The van der Waals surface area contributed by atoms with E-state index in [1.54, 1.807) is 11.8 Å². The molecule has 0 aromatic carbocycles. The van der Waals surface area contributed by atoms with Gasteiger partial charge in [0.05, 0.1) is 37.6 Å². The van der Waals surface area contributed by atoms with E-state index in [0.29, 0.717) is 58.0 Å². The normalized spacial score (nSPS) is 29.5. The lowest BCUT2D eigenvalue weighted by Gasteiger charge is -2.39. The number of rotatable bonds is 18. The van der Waals surface area contributed by atoms with Gasteiger partial charge < -0.3 is 75.6 Å². The Labute approximate surface area is 624 Å². The highest BCUT2D eigenvalue weighted by molar-refractivity contribution is 6.20. The van der Waals surface area contributed by atoms with E-state index in [9.17, 15) is 43.5 Å². The number of nitrogens with zero attached hydrogens (tertiary/aromatic N) is 8. The zero-order valence-corrected chi connectivity index (χ0v) is 67.0. The largest absolute Gasteiger partial charge is 0.391 e. The molecule has 5 unspecified atom stereocenters. The molecular weight excluding hydrogens is 1360 g/mol. The Morgan fingerprint density at radius 2 is 0.981 bits per heavy atom. The van der Waals surface area contributed by atoms with E-state index in [2.05, 4.69) is 26.6 Å². The van der Waals surface area contributed by atoms with Crippen LogP contribution in [0.3, 0.4) is 0 Å². The molecule has 16 atom stereocenters. The van der Waals surface area contributed by atoms with Crippen molar-refractivity contribution >= 4 is 88.4 Å². The van der Waals surface area contributed by atoms with Crippen LogP contribution in [0.2, 0.25) is 0 Å². The highest BCUT2D eigenvalue weighted by Gasteiger charge is 2.45. The highest BCUT2D eigenvalue weighted by Crippen LogP contribution is 2.36. The SMILES string of the molecule is CC[C@H](C)[C@@H]1NC(=O)[C@H](CC(C)C)N(C)C(=O)CN(C)C(=O)C[C@@H](C(=O)N2CCCCC2)NC(=O)[C@H](CC(C)C)N(C)C(=O)[C@H](CC2CCC(OC)C(C(=O)NC)C2)NC(=O)[C@H](CC(C)C)N(C)C(=O)[C@H](CC2CCCC(Cl)C2)N(C)C(=O)CN(C)C(=O)[C@H]([C@@H](C)O)NC(=O)[C@H](CC(C)C)N(C)C1=O. The number of piperidine rings is 1. The second-order valence-electron chi connectivity index (χ2n) is 32.0. The number of halogens is 1. The van der Waals surface area contributed by atoms with Crippen molar-refractivity contribution in [3.63, 3.8) is 0 Å². The van der Waals surface area contributed by atoms with Crippen LogP contribution in [0.1, 0.15) is 192 Å². The van der Waals surface area contributed by atoms with Crippen molar-refractivity contribution in [2.45, 2.75) is 264 Å². The van der Waals surface area contributed by atoms with E-state index in [1.807, 2.05) is 62.3 Å². The molecule has 2 aliphatic heterocycles. The third-order valence-corrected chi connectivity index (χ3v) is 22.1. The number of aliphatic hydroxyl groups is 1. The fourth-order valence-corrected chi connectivity index (χ4v) is 15.4. The van der Waals surface area contributed by atoms with E-state index >= 15 is 24.0 Å². The predicted molar refractivity (Wildman–Crippen MR) is 396 cm³/mol. The number of nitrogens with one attached hydrogen (secondary N) is 5. The Hall–Kier alpha value is -6.68. The number of ether oxygens (including phenoxy) is 1. The monoisotopic (exact) mass is 1490 g/mol. The predicted octanol–water partition coefficient (Wildman–Crippen LogP) is 3.76. The molecule has 0 bridgehead atoms. The molecule has 592 valence electrons. The van der Waals surface area contributed by atoms with Gasteiger partial charge in [-0.1, -0.05) is 88.5 Å². The van der Waals surface area contributed by atoms with E-state index in [4.69, 9.17) is 16.3 Å². The Bertz CT molecular complexity index is 2930. The first-order valence-electron chi connectivity index (χ1n) is 38.1. The Morgan fingerprint density at radius 1 is 0.519 bits per heavy atom. The van der Waals surface area contributed by atoms with Crippen molar-refractivity contribution in [2.24, 2.45) is 47.3 Å². The van der Waals surface area contributed by atoms with Gasteiger partial charge in [-0.15, -0.1) is 11.6 Å². The van der Waals surface area contributed by atoms with Gasteiger partial charge in [0, 0.05) is 82.0 Å². The summed E-state index contributed by atoms with van der Waals surface area (Å²) in [4.78, 5) is 204. The smallest absolute Gasteiger partial charge is 0.248 e. The van der Waals surface area contributed by atoms with Gasteiger partial charge in [0.2, 0.25) is 76.8 Å². The summed E-state index contributed by atoms with van der Waals surface area (Å²) >= 11 is 6.78. The number of carbonyl (C=O) groups excluding carboxylic acids is 13. The number of carbonyl (C=O) groups is 13. The molecule has 0 spiro atoms. The molecular formula is C75H130ClN13O15. The number of aliphatic hydroxyl groups excluding tert-OH is 1. The molecule has 0 radical (unpaired) electrons. The van der Waals surface area contributed by atoms with Crippen LogP contribution in [0.5, 0.6) is 0 Å². The molecule has 4 fully saturated rings. The standard InChI is InChI=1S/C75H130ClN13O15/c1-21-47(10)64-75(103)88(19)58(35-46(8)9)70(98)81-65(48(11)90)74(102)83(14)42-63(93)85(16)59(39-49-26-25-27-51(76)36-49)73(101)87(18)57(34-45(6)7)68(96)78-53(38-50-28-29-60(104-20)52(37-50)66(94)77-12)71(99)86(17)56(33-44(4)5)67(95)79-54(72(100)89-30-23-22-24-31-89)40-61(91)82(13)41-62(92)84(15)55(32-43(2)3)69(97)80-64/h43-60,64-65,90H,21-42H2,1-20H3,(H,77,94)(H,78,96)(H,79,95)(H,80,97)(H,81,98)/t47-,48+,49?,50?,51?,52?,53-,54-,55-,56-,57-,58-,59-,60?,64-,65-/m0/s1. The van der Waals surface area contributed by atoms with Crippen molar-refractivity contribution in [3.05, 3.63) is 0 Å².